The van der Waals surface area contributed by atoms with E-state index in [1.165, 1.54) is 17.4 Å². The quantitative estimate of drug-likeness (QED) is 0.865. The maximum Gasteiger partial charge on any atom is 0.345 e. The number of thiophene rings is 1. The van der Waals surface area contributed by atoms with Gasteiger partial charge in [-0.05, 0) is 42.3 Å². The summed E-state index contributed by atoms with van der Waals surface area (Å²) in [5, 5.41) is 8.91. The Hall–Kier alpha value is -0.440. The minimum absolute atomic E-state index is 0.000995. The van der Waals surface area contributed by atoms with Gasteiger partial charge in [-0.3, -0.25) is 0 Å². The van der Waals surface area contributed by atoms with Crippen molar-refractivity contribution in [1.29, 1.82) is 0 Å². The van der Waals surface area contributed by atoms with Gasteiger partial charge in [-0.25, -0.2) is 13.2 Å². The van der Waals surface area contributed by atoms with Gasteiger partial charge in [0.05, 0.1) is 3.79 Å². The Labute approximate surface area is 125 Å². The molecule has 5 nitrogen and oxygen atoms in total. The number of hydrogen-bond acceptors (Lipinski definition) is 4. The maximum atomic E-state index is 12.5. The molecule has 0 aliphatic rings. The summed E-state index contributed by atoms with van der Waals surface area (Å²) in [6.45, 7) is 5.54. The van der Waals surface area contributed by atoms with Crippen molar-refractivity contribution in [1.82, 2.24) is 4.31 Å². The van der Waals surface area contributed by atoms with Crippen LogP contribution in [-0.2, 0) is 10.0 Å². The van der Waals surface area contributed by atoms with Gasteiger partial charge >= 0.3 is 5.97 Å². The molecule has 1 rings (SSSR count). The molecular weight excluding hydrogens is 354 g/mol. The number of hydrogen-bond donors (Lipinski definition) is 1. The molecule has 0 aliphatic carbocycles. The number of sulfonamides is 1. The summed E-state index contributed by atoms with van der Waals surface area (Å²) in [4.78, 5) is 10.9. The zero-order chi connectivity index (χ0) is 15.0. The van der Waals surface area contributed by atoms with E-state index in [4.69, 9.17) is 5.11 Å². The maximum absolute atomic E-state index is 12.5. The van der Waals surface area contributed by atoms with Crippen molar-refractivity contribution in [2.24, 2.45) is 0 Å². The Balaban J connectivity index is 3.32. The average molecular weight is 370 g/mol. The standard InChI is InChI=1S/C11H16BrNO4S2/c1-5-11(2,3)13(4)19(16,17)8-6-7(10(14)15)18-9(8)12/h6H,5H2,1-4H3,(H,14,15). The van der Waals surface area contributed by atoms with Gasteiger partial charge in [0.25, 0.3) is 0 Å². The summed E-state index contributed by atoms with van der Waals surface area (Å²) in [5.41, 5.74) is -0.538. The Morgan fingerprint density at radius 2 is 2.05 bits per heavy atom. The molecule has 0 aliphatic heterocycles. The molecular formula is C11H16BrNO4S2. The van der Waals surface area contributed by atoms with Gasteiger partial charge < -0.3 is 5.11 Å². The van der Waals surface area contributed by atoms with Gasteiger partial charge in [0.2, 0.25) is 10.0 Å². The van der Waals surface area contributed by atoms with Gasteiger partial charge in [-0.1, -0.05) is 6.92 Å². The third kappa shape index (κ3) is 3.18. The summed E-state index contributed by atoms with van der Waals surface area (Å²) in [6.07, 6.45) is 0.649. The highest BCUT2D eigenvalue weighted by atomic mass is 79.9. The molecule has 0 amide bonds. The van der Waals surface area contributed by atoms with Crippen molar-refractivity contribution in [3.63, 3.8) is 0 Å². The van der Waals surface area contributed by atoms with Gasteiger partial charge in [-0.2, -0.15) is 4.31 Å². The van der Waals surface area contributed by atoms with Gasteiger partial charge in [0, 0.05) is 12.6 Å². The van der Waals surface area contributed by atoms with Crippen LogP contribution in [0.15, 0.2) is 14.7 Å². The first kappa shape index (κ1) is 16.6. The largest absolute Gasteiger partial charge is 0.477 e. The van der Waals surface area contributed by atoms with E-state index in [0.717, 1.165) is 11.3 Å². The topological polar surface area (TPSA) is 74.7 Å². The normalized spacial score (nSPS) is 12.9. The van der Waals surface area contributed by atoms with Gasteiger partial charge in [0.1, 0.15) is 9.77 Å². The number of carboxylic acid groups (broad SMARTS) is 1. The predicted molar refractivity (Wildman–Crippen MR) is 78.3 cm³/mol. The molecule has 1 heterocycles. The minimum Gasteiger partial charge on any atom is -0.477 e. The van der Waals surface area contributed by atoms with Crippen molar-refractivity contribution in [2.45, 2.75) is 37.6 Å². The first-order chi connectivity index (χ1) is 8.54. The third-order valence-electron chi connectivity index (χ3n) is 3.22. The number of nitrogens with zero attached hydrogens (tertiary/aromatic N) is 1. The zero-order valence-electron chi connectivity index (χ0n) is 11.1. The first-order valence-electron chi connectivity index (χ1n) is 5.55. The fourth-order valence-electron chi connectivity index (χ4n) is 1.33. The minimum atomic E-state index is -3.72. The molecule has 0 radical (unpaired) electrons. The number of halogens is 1. The van der Waals surface area contributed by atoms with Crippen molar-refractivity contribution in [3.05, 3.63) is 14.7 Å². The van der Waals surface area contributed by atoms with Gasteiger partial charge in [0.15, 0.2) is 0 Å². The van der Waals surface area contributed by atoms with E-state index >= 15 is 0 Å². The van der Waals surface area contributed by atoms with Crippen molar-refractivity contribution < 1.29 is 18.3 Å². The van der Waals surface area contributed by atoms with E-state index in [0.29, 0.717) is 10.2 Å². The Kier molecular flexibility index (Phi) is 4.82. The smallest absolute Gasteiger partial charge is 0.345 e. The van der Waals surface area contributed by atoms with E-state index < -0.39 is 21.5 Å². The number of rotatable bonds is 5. The monoisotopic (exact) mass is 369 g/mol. The Bertz CT molecular complexity index is 592. The molecule has 0 atom stereocenters. The van der Waals surface area contributed by atoms with Crippen LogP contribution < -0.4 is 0 Å². The van der Waals surface area contributed by atoms with Crippen molar-refractivity contribution in [3.8, 4) is 0 Å². The zero-order valence-corrected chi connectivity index (χ0v) is 14.3. The predicted octanol–water partition coefficient (Wildman–Crippen LogP) is 3.02. The summed E-state index contributed by atoms with van der Waals surface area (Å²) >= 11 is 4.02. The van der Waals surface area contributed by atoms with Crippen LogP contribution in [0.4, 0.5) is 0 Å². The van der Waals surface area contributed by atoms with Gasteiger partial charge in [-0.15, -0.1) is 11.3 Å². The van der Waals surface area contributed by atoms with Crippen LogP contribution in [0.25, 0.3) is 0 Å². The Morgan fingerprint density at radius 3 is 2.42 bits per heavy atom. The van der Waals surface area contributed by atoms with E-state index in [1.54, 1.807) is 0 Å². The fraction of sp³-hybridized carbons (Fsp3) is 0.545. The SMILES string of the molecule is CCC(C)(C)N(C)S(=O)(=O)c1cc(C(=O)O)sc1Br. The number of carboxylic acids is 1. The van der Waals surface area contributed by atoms with Crippen LogP contribution in [0, 0.1) is 0 Å². The van der Waals surface area contributed by atoms with E-state index in [9.17, 15) is 13.2 Å². The van der Waals surface area contributed by atoms with Crippen LogP contribution >= 0.6 is 27.3 Å². The van der Waals surface area contributed by atoms with E-state index in [2.05, 4.69) is 15.9 Å². The van der Waals surface area contributed by atoms with Crippen LogP contribution in [0.1, 0.15) is 36.9 Å². The highest BCUT2D eigenvalue weighted by Crippen LogP contribution is 2.35. The van der Waals surface area contributed by atoms with Crippen LogP contribution in [-0.4, -0.2) is 36.4 Å². The van der Waals surface area contributed by atoms with Crippen molar-refractivity contribution in [2.75, 3.05) is 7.05 Å². The second-order valence-electron chi connectivity index (χ2n) is 4.69. The molecule has 0 spiro atoms. The van der Waals surface area contributed by atoms with E-state index in [-0.39, 0.29) is 9.77 Å². The molecule has 8 heteroatoms. The molecule has 1 aromatic rings. The van der Waals surface area contributed by atoms with Crippen LogP contribution in [0.3, 0.4) is 0 Å². The molecule has 0 saturated carbocycles. The third-order valence-corrected chi connectivity index (χ3v) is 7.53. The molecule has 1 aromatic heterocycles. The molecule has 108 valence electrons. The summed E-state index contributed by atoms with van der Waals surface area (Å²) < 4.78 is 26.6. The highest BCUT2D eigenvalue weighted by Gasteiger charge is 2.35. The summed E-state index contributed by atoms with van der Waals surface area (Å²) in [7, 11) is -2.22. The number of carbonyl (C=O) groups is 1. The number of aromatic carboxylic acids is 1. The molecule has 0 fully saturated rings. The molecule has 19 heavy (non-hydrogen) atoms. The first-order valence-corrected chi connectivity index (χ1v) is 8.60. The molecule has 1 N–H and O–H groups in total. The van der Waals surface area contributed by atoms with E-state index in [1.807, 2.05) is 20.8 Å². The lowest BCUT2D eigenvalue weighted by atomic mass is 10.0. The lowest BCUT2D eigenvalue weighted by Gasteiger charge is -2.33. The summed E-state index contributed by atoms with van der Waals surface area (Å²) in [6, 6.07) is 1.19. The second-order valence-corrected chi connectivity index (χ2v) is 9.00. The molecule has 0 unspecified atom stereocenters. The Morgan fingerprint density at radius 1 is 1.53 bits per heavy atom. The van der Waals surface area contributed by atoms with Crippen LogP contribution in [0.2, 0.25) is 0 Å². The lowest BCUT2D eigenvalue weighted by Crippen LogP contribution is -2.44. The molecule has 0 saturated heterocycles. The average Bonchev–Trinajstić information content (AvgIpc) is 2.71. The lowest BCUT2D eigenvalue weighted by molar-refractivity contribution is 0.0702. The second kappa shape index (κ2) is 5.51. The summed E-state index contributed by atoms with van der Waals surface area (Å²) in [5.74, 6) is -1.13. The van der Waals surface area contributed by atoms with Crippen LogP contribution in [0.5, 0.6) is 0 Å². The molecule has 0 bridgehead atoms. The molecule has 0 aromatic carbocycles. The van der Waals surface area contributed by atoms with Crippen molar-refractivity contribution >= 4 is 43.3 Å². The fourth-order valence-corrected chi connectivity index (χ4v) is 5.26. The highest BCUT2D eigenvalue weighted by molar-refractivity contribution is 9.11.